The number of nitrogens with one attached hydrogen (secondary N) is 1. The largest absolute Gasteiger partial charge is 0.756 e. The Labute approximate surface area is 400 Å². The number of likely N-dealkylation sites (N-methyl/N-ethyl adjacent to an activating group) is 1. The van der Waals surface area contributed by atoms with Gasteiger partial charge in [0.05, 0.1) is 33.8 Å². The van der Waals surface area contributed by atoms with Gasteiger partial charge < -0.3 is 28.5 Å². The number of phosphoric ester groups is 1. The second-order valence-corrected chi connectivity index (χ2v) is 20.1. The molecule has 0 aromatic heterocycles. The monoisotopic (exact) mass is 931 g/mol. The molecule has 10 heteroatoms. The Morgan fingerprint density at radius 3 is 1.48 bits per heavy atom. The summed E-state index contributed by atoms with van der Waals surface area (Å²) in [5.41, 5.74) is 0. The van der Waals surface area contributed by atoms with Gasteiger partial charge >= 0.3 is 5.97 Å². The van der Waals surface area contributed by atoms with Gasteiger partial charge in [-0.1, -0.05) is 210 Å². The van der Waals surface area contributed by atoms with Crippen LogP contribution in [0.4, 0.5) is 0 Å². The highest BCUT2D eigenvalue weighted by Crippen LogP contribution is 2.38. The third-order valence-corrected chi connectivity index (χ3v) is 12.1. The van der Waals surface area contributed by atoms with Crippen LogP contribution >= 0.6 is 7.82 Å². The highest BCUT2D eigenvalue weighted by molar-refractivity contribution is 7.45. The van der Waals surface area contributed by atoms with Crippen LogP contribution < -0.4 is 10.2 Å². The van der Waals surface area contributed by atoms with E-state index in [2.05, 4.69) is 74.7 Å². The Kier molecular flexibility index (Phi) is 43.5. The lowest BCUT2D eigenvalue weighted by Crippen LogP contribution is -2.47. The molecule has 376 valence electrons. The first-order chi connectivity index (χ1) is 31.4. The molecule has 0 rings (SSSR count). The number of hydrogen-bond acceptors (Lipinski definition) is 7. The van der Waals surface area contributed by atoms with E-state index in [4.69, 9.17) is 13.8 Å². The molecule has 0 bridgehead atoms. The van der Waals surface area contributed by atoms with E-state index < -0.39 is 26.6 Å². The molecule has 1 N–H and O–H groups in total. The van der Waals surface area contributed by atoms with Crippen LogP contribution in [-0.2, 0) is 27.9 Å². The van der Waals surface area contributed by atoms with Crippen LogP contribution in [0.25, 0.3) is 0 Å². The zero-order valence-electron chi connectivity index (χ0n) is 42.7. The average molecular weight is 931 g/mol. The summed E-state index contributed by atoms with van der Waals surface area (Å²) in [7, 11) is 1.13. The first-order valence-electron chi connectivity index (χ1n) is 26.2. The molecule has 1 amide bonds. The highest BCUT2D eigenvalue weighted by Gasteiger charge is 2.27. The number of unbranched alkanes of at least 4 members (excludes halogenated alkanes) is 20. The van der Waals surface area contributed by atoms with E-state index in [0.29, 0.717) is 17.4 Å². The van der Waals surface area contributed by atoms with Crippen molar-refractivity contribution >= 4 is 19.7 Å². The van der Waals surface area contributed by atoms with Gasteiger partial charge in [-0.3, -0.25) is 14.2 Å². The first-order valence-corrected chi connectivity index (χ1v) is 27.7. The van der Waals surface area contributed by atoms with E-state index in [-0.39, 0.29) is 31.3 Å². The number of carbonyl (C=O) groups excluding carboxylic acids is 2. The predicted molar refractivity (Wildman–Crippen MR) is 275 cm³/mol. The van der Waals surface area contributed by atoms with E-state index in [0.717, 1.165) is 70.6 Å². The minimum absolute atomic E-state index is 0.0370. The molecule has 0 radical (unpaired) electrons. The number of hydrogen-bond donors (Lipinski definition) is 1. The number of rotatable bonds is 46. The number of esters is 1. The van der Waals surface area contributed by atoms with Crippen LogP contribution in [-0.4, -0.2) is 69.4 Å². The molecule has 3 atom stereocenters. The number of allylic oxidation sites excluding steroid dienone is 11. The van der Waals surface area contributed by atoms with Gasteiger partial charge in [-0.05, 0) is 63.9 Å². The molecule has 0 aromatic rings. The summed E-state index contributed by atoms with van der Waals surface area (Å²) < 4.78 is 30.0. The second kappa shape index (κ2) is 45.2. The van der Waals surface area contributed by atoms with Crippen LogP contribution in [0.15, 0.2) is 72.9 Å². The van der Waals surface area contributed by atoms with Crippen molar-refractivity contribution < 1.29 is 37.3 Å². The molecule has 9 nitrogen and oxygen atoms in total. The van der Waals surface area contributed by atoms with Gasteiger partial charge in [0.1, 0.15) is 19.3 Å². The van der Waals surface area contributed by atoms with Crippen molar-refractivity contribution in [2.24, 2.45) is 0 Å². The van der Waals surface area contributed by atoms with Crippen molar-refractivity contribution in [3.05, 3.63) is 72.9 Å². The zero-order chi connectivity index (χ0) is 48.0. The maximum Gasteiger partial charge on any atom is 0.306 e. The highest BCUT2D eigenvalue weighted by atomic mass is 31.2. The Balaban J connectivity index is 5.54. The molecule has 0 saturated carbocycles. The molecule has 0 aromatic carbocycles. The summed E-state index contributed by atoms with van der Waals surface area (Å²) in [5, 5.41) is 2.96. The molecule has 0 aliphatic carbocycles. The topological polar surface area (TPSA) is 114 Å². The first kappa shape index (κ1) is 62.4. The van der Waals surface area contributed by atoms with Gasteiger partial charge in [0, 0.05) is 12.8 Å². The quantitative estimate of drug-likeness (QED) is 0.0213. The van der Waals surface area contributed by atoms with Gasteiger partial charge in [-0.25, -0.2) is 0 Å². The Hall–Kier alpha value is -2.55. The molecule has 0 aliphatic heterocycles. The third kappa shape index (κ3) is 46.4. The number of ether oxygens (including phenoxy) is 1. The number of nitrogens with zero attached hydrogens (tertiary/aromatic N) is 1. The summed E-state index contributed by atoms with van der Waals surface area (Å²) in [6.45, 7) is 6.64. The molecular formula is C55H99N2O7P. The van der Waals surface area contributed by atoms with Crippen molar-refractivity contribution in [2.45, 2.75) is 226 Å². The van der Waals surface area contributed by atoms with Crippen molar-refractivity contribution in [3.63, 3.8) is 0 Å². The minimum Gasteiger partial charge on any atom is -0.756 e. The maximum atomic E-state index is 13.4. The molecule has 0 spiro atoms. The van der Waals surface area contributed by atoms with E-state index in [9.17, 15) is 19.0 Å². The van der Waals surface area contributed by atoms with Crippen LogP contribution in [0, 0.1) is 0 Å². The molecule has 0 saturated heterocycles. The maximum absolute atomic E-state index is 13.4. The summed E-state index contributed by atoms with van der Waals surface area (Å²) in [6.07, 6.45) is 56.0. The molecular weight excluding hydrogens is 832 g/mol. The summed E-state index contributed by atoms with van der Waals surface area (Å²) in [6, 6.07) is -0.926. The summed E-state index contributed by atoms with van der Waals surface area (Å²) in [5.74, 6) is -0.641. The van der Waals surface area contributed by atoms with Crippen molar-refractivity contribution in [1.82, 2.24) is 5.32 Å². The van der Waals surface area contributed by atoms with Crippen LogP contribution in [0.5, 0.6) is 0 Å². The standard InChI is InChI=1S/C55H99N2O7P/c1-7-10-13-16-19-22-25-27-28-29-30-33-35-38-41-44-47-54(58)56-52(51-63-65(60,61)62-50-49-57(4,5)6)53(46-43-40-37-34-32-26-23-20-17-14-11-8-2)64-55(59)48-45-42-39-36-31-24-21-18-15-12-9-3/h10,13,19,22,27-28,30,33,38,41,43,46,52-53H,7-9,11-12,14-18,20-21,23-26,29,31-32,34-37,39-40,42,44-45,47-51H2,1-6H3,(H-,56,58,60,61)/b13-10+,22-19+,28-27+,33-30+,41-38+,46-43-. The number of carbonyl (C=O) groups is 2. The van der Waals surface area contributed by atoms with Crippen molar-refractivity contribution in [2.75, 3.05) is 40.9 Å². The number of phosphoric acid groups is 1. The molecule has 0 aliphatic rings. The van der Waals surface area contributed by atoms with Crippen LogP contribution in [0.2, 0.25) is 0 Å². The smallest absolute Gasteiger partial charge is 0.306 e. The third-order valence-electron chi connectivity index (χ3n) is 11.2. The van der Waals surface area contributed by atoms with Gasteiger partial charge in [-0.15, -0.1) is 0 Å². The number of amides is 1. The fourth-order valence-electron chi connectivity index (χ4n) is 7.10. The number of quaternary nitrogens is 1. The predicted octanol–water partition coefficient (Wildman–Crippen LogP) is 14.7. The van der Waals surface area contributed by atoms with Crippen molar-refractivity contribution in [3.8, 4) is 0 Å². The lowest BCUT2D eigenvalue weighted by atomic mass is 10.0. The summed E-state index contributed by atoms with van der Waals surface area (Å²) >= 11 is 0. The average Bonchev–Trinajstić information content (AvgIpc) is 3.26. The molecule has 65 heavy (non-hydrogen) atoms. The molecule has 0 fully saturated rings. The Bertz CT molecular complexity index is 1350. The lowest BCUT2D eigenvalue weighted by Gasteiger charge is -2.30. The summed E-state index contributed by atoms with van der Waals surface area (Å²) in [4.78, 5) is 39.6. The van der Waals surface area contributed by atoms with Crippen LogP contribution in [0.3, 0.4) is 0 Å². The lowest BCUT2D eigenvalue weighted by molar-refractivity contribution is -0.870. The van der Waals surface area contributed by atoms with Gasteiger partial charge in [0.25, 0.3) is 7.82 Å². The Morgan fingerprint density at radius 1 is 0.554 bits per heavy atom. The van der Waals surface area contributed by atoms with E-state index in [1.54, 1.807) is 6.08 Å². The van der Waals surface area contributed by atoms with Crippen molar-refractivity contribution in [1.29, 1.82) is 0 Å². The van der Waals surface area contributed by atoms with E-state index >= 15 is 0 Å². The Morgan fingerprint density at radius 2 is 1.00 bits per heavy atom. The second-order valence-electron chi connectivity index (χ2n) is 18.6. The van der Waals surface area contributed by atoms with Gasteiger partial charge in [0.2, 0.25) is 5.91 Å². The van der Waals surface area contributed by atoms with Gasteiger partial charge in [0.15, 0.2) is 0 Å². The molecule has 3 unspecified atom stereocenters. The van der Waals surface area contributed by atoms with E-state index in [1.165, 1.54) is 103 Å². The fourth-order valence-corrected chi connectivity index (χ4v) is 7.82. The minimum atomic E-state index is -4.71. The SMILES string of the molecule is CC/C=C/C/C=C/C/C=C/C/C=C/C/C=C/CCC(=O)NC(COP(=O)([O-])OCC[N+](C)(C)C)C(/C=C\CCCCCCCCCCCC)OC(=O)CCCCCCCCCCCCC. The normalized spacial score (nSPS) is 14.5. The fraction of sp³-hybridized carbons (Fsp3) is 0.745. The zero-order valence-corrected chi connectivity index (χ0v) is 43.6. The van der Waals surface area contributed by atoms with Crippen LogP contribution in [0.1, 0.15) is 213 Å². The molecule has 0 heterocycles. The van der Waals surface area contributed by atoms with Gasteiger partial charge in [-0.2, -0.15) is 0 Å². The van der Waals surface area contributed by atoms with E-state index in [1.807, 2.05) is 39.4 Å².